The molecule has 0 fully saturated rings. The monoisotopic (exact) mass is 756 g/mol. The number of anilines is 3. The second-order valence-electron chi connectivity index (χ2n) is 15.5. The molecule has 58 heavy (non-hydrogen) atoms. The van der Waals surface area contributed by atoms with Gasteiger partial charge < -0.3 is 9.88 Å². The number of para-hydroxylation sites is 1. The molecule has 0 saturated carbocycles. The van der Waals surface area contributed by atoms with E-state index in [2.05, 4.69) is 211 Å². The van der Waals surface area contributed by atoms with Crippen LogP contribution in [0.15, 0.2) is 188 Å². The standard InChI is InChI=1S/C55H36N2S/c1-34-41-16-9-13-23-51(41)56-54(34)53-35(2)58-52-31-29-39(32-46(52)53)57(38-26-24-37(25-27-38)36-14-4-3-5-15-36)40-28-30-45-44-19-8-12-22-49(44)55(50(45)33-40)47-20-10-6-17-42(47)43-18-7-11-21-48(43)55/h3-33,56H,1-2H2/b54-53-. The zero-order valence-corrected chi connectivity index (χ0v) is 32.5. The van der Waals surface area contributed by atoms with Gasteiger partial charge in [0.2, 0.25) is 0 Å². The topological polar surface area (TPSA) is 19.0 Å². The third-order valence-corrected chi connectivity index (χ3v) is 13.6. The summed E-state index contributed by atoms with van der Waals surface area (Å²) in [6.07, 6.45) is 0. The fraction of sp³-hybridized carbons (Fsp3) is 0.0182. The summed E-state index contributed by atoms with van der Waals surface area (Å²) in [5.74, 6) is 0. The van der Waals surface area contributed by atoms with Crippen LogP contribution in [0.5, 0.6) is 0 Å². The Morgan fingerprint density at radius 1 is 0.448 bits per heavy atom. The molecule has 2 aliphatic rings. The first kappa shape index (κ1) is 33.0. The van der Waals surface area contributed by atoms with E-state index < -0.39 is 5.41 Å². The Kier molecular flexibility index (Phi) is 7.05. The number of hydrogen-bond acceptors (Lipinski definition) is 2. The Hall–Kier alpha value is -7.20. The largest absolute Gasteiger partial charge is 0.354 e. The summed E-state index contributed by atoms with van der Waals surface area (Å²) in [5.41, 5.74) is 16.8. The SMILES string of the molecule is C=c1sc2ccc(N(c3ccc(-c4ccccc4)cc3)c3ccc4c(c3)C3(c5ccccc5-c5ccccc53)c3ccccc3-4)cc2/c1=c1\[nH]c2ccccc2c1=C. The van der Waals surface area contributed by atoms with Crippen molar-refractivity contribution in [3.05, 3.63) is 231 Å². The lowest BCUT2D eigenvalue weighted by atomic mass is 9.70. The van der Waals surface area contributed by atoms with Gasteiger partial charge in [-0.25, -0.2) is 0 Å². The van der Waals surface area contributed by atoms with Crippen molar-refractivity contribution in [1.82, 2.24) is 4.98 Å². The van der Waals surface area contributed by atoms with Gasteiger partial charge in [-0.2, -0.15) is 0 Å². The normalized spacial score (nSPS) is 13.7. The van der Waals surface area contributed by atoms with E-state index >= 15 is 0 Å². The molecule has 3 heteroatoms. The Bertz CT molecular complexity index is 3440. The molecule has 0 unspecified atom stereocenters. The van der Waals surface area contributed by atoms with Crippen LogP contribution in [-0.2, 0) is 5.41 Å². The van der Waals surface area contributed by atoms with E-state index in [-0.39, 0.29) is 0 Å². The molecule has 0 radical (unpaired) electrons. The van der Waals surface area contributed by atoms with Crippen LogP contribution < -0.4 is 14.7 Å². The van der Waals surface area contributed by atoms with Gasteiger partial charge in [0.05, 0.1) is 10.8 Å². The summed E-state index contributed by atoms with van der Waals surface area (Å²) in [7, 11) is 0. The van der Waals surface area contributed by atoms with E-state index in [0.29, 0.717) is 0 Å². The first-order chi connectivity index (χ1) is 28.6. The molecule has 0 atom stereocenters. The Balaban J connectivity index is 1.13. The molecule has 2 heterocycles. The van der Waals surface area contributed by atoms with Gasteiger partial charge in [-0.1, -0.05) is 153 Å². The van der Waals surface area contributed by atoms with Gasteiger partial charge in [-0.15, -0.1) is 11.3 Å². The summed E-state index contributed by atoms with van der Waals surface area (Å²) in [5, 5.41) is 5.45. The molecule has 12 rings (SSSR count). The average Bonchev–Trinajstić information content (AvgIpc) is 3.98. The van der Waals surface area contributed by atoms with Gasteiger partial charge in [0.1, 0.15) is 0 Å². The molecule has 2 aromatic heterocycles. The highest BCUT2D eigenvalue weighted by molar-refractivity contribution is 7.17. The summed E-state index contributed by atoms with van der Waals surface area (Å²) >= 11 is 1.74. The van der Waals surface area contributed by atoms with Gasteiger partial charge in [0.15, 0.2) is 0 Å². The van der Waals surface area contributed by atoms with Crippen molar-refractivity contribution in [2.24, 2.45) is 0 Å². The maximum atomic E-state index is 4.57. The molecule has 272 valence electrons. The van der Waals surface area contributed by atoms with Crippen molar-refractivity contribution < 1.29 is 0 Å². The van der Waals surface area contributed by atoms with Crippen LogP contribution in [0.3, 0.4) is 0 Å². The fourth-order valence-corrected chi connectivity index (χ4v) is 11.1. The van der Waals surface area contributed by atoms with E-state index in [1.807, 2.05) is 0 Å². The maximum absolute atomic E-state index is 4.57. The van der Waals surface area contributed by atoms with Crippen LogP contribution in [-0.4, -0.2) is 4.98 Å². The van der Waals surface area contributed by atoms with Crippen LogP contribution in [0.25, 0.3) is 67.5 Å². The van der Waals surface area contributed by atoms with E-state index in [0.717, 1.165) is 48.3 Å². The molecule has 1 spiro atoms. The maximum Gasteiger partial charge on any atom is 0.0726 e. The molecule has 0 bridgehead atoms. The number of nitrogens with zero attached hydrogens (tertiary/aromatic N) is 1. The summed E-state index contributed by atoms with van der Waals surface area (Å²) in [6.45, 7) is 9.12. The lowest BCUT2D eigenvalue weighted by Gasteiger charge is -2.32. The molecule has 2 nitrogen and oxygen atoms in total. The highest BCUT2D eigenvalue weighted by Gasteiger charge is 2.51. The second-order valence-corrected chi connectivity index (χ2v) is 16.6. The van der Waals surface area contributed by atoms with E-state index in [4.69, 9.17) is 0 Å². The number of nitrogens with one attached hydrogen (secondary N) is 1. The minimum atomic E-state index is -0.439. The van der Waals surface area contributed by atoms with Gasteiger partial charge in [-0.3, -0.25) is 0 Å². The second kappa shape index (κ2) is 12.4. The summed E-state index contributed by atoms with van der Waals surface area (Å²) < 4.78 is 2.22. The van der Waals surface area contributed by atoms with Crippen molar-refractivity contribution in [2.75, 3.05) is 4.90 Å². The molecule has 1 N–H and O–H groups in total. The number of H-pyrrole nitrogens is 1. The number of hydrogen-bond donors (Lipinski definition) is 1. The van der Waals surface area contributed by atoms with E-state index in [1.165, 1.54) is 65.7 Å². The van der Waals surface area contributed by atoms with Gasteiger partial charge in [0.25, 0.3) is 0 Å². The molecule has 2 aliphatic carbocycles. The van der Waals surface area contributed by atoms with Gasteiger partial charge in [-0.05, 0) is 104 Å². The number of fused-ring (bicyclic) bond motifs is 12. The summed E-state index contributed by atoms with van der Waals surface area (Å²) in [6, 6.07) is 69.1. The highest BCUT2D eigenvalue weighted by Crippen LogP contribution is 2.63. The number of rotatable bonds is 4. The molecule has 8 aromatic carbocycles. The molecular weight excluding hydrogens is 721 g/mol. The van der Waals surface area contributed by atoms with Crippen LogP contribution in [0.2, 0.25) is 0 Å². The van der Waals surface area contributed by atoms with E-state index in [9.17, 15) is 0 Å². The zero-order chi connectivity index (χ0) is 38.5. The Morgan fingerprint density at radius 2 is 0.983 bits per heavy atom. The number of aromatic nitrogens is 1. The number of thiophene rings is 1. The third-order valence-electron chi connectivity index (χ3n) is 12.5. The summed E-state index contributed by atoms with van der Waals surface area (Å²) in [4.78, 5) is 6.13. The quantitative estimate of drug-likeness (QED) is 0.189. The Labute approximate surface area is 340 Å². The molecule has 0 saturated heterocycles. The molecule has 0 aliphatic heterocycles. The first-order valence-electron chi connectivity index (χ1n) is 19.8. The van der Waals surface area contributed by atoms with Crippen LogP contribution >= 0.6 is 11.3 Å². The van der Waals surface area contributed by atoms with Crippen LogP contribution in [0, 0.1) is 10.6 Å². The first-order valence-corrected chi connectivity index (χ1v) is 20.6. The van der Waals surface area contributed by atoms with Crippen LogP contribution in [0.1, 0.15) is 22.3 Å². The van der Waals surface area contributed by atoms with Crippen molar-refractivity contribution >= 4 is 62.5 Å². The molecule has 0 amide bonds. The van der Waals surface area contributed by atoms with Crippen molar-refractivity contribution in [3.8, 4) is 33.4 Å². The van der Waals surface area contributed by atoms with Crippen molar-refractivity contribution in [3.63, 3.8) is 0 Å². The third kappa shape index (κ3) is 4.54. The Morgan fingerprint density at radius 3 is 1.66 bits per heavy atom. The minimum Gasteiger partial charge on any atom is -0.354 e. The number of aromatic amines is 1. The van der Waals surface area contributed by atoms with Crippen molar-refractivity contribution in [1.29, 1.82) is 0 Å². The van der Waals surface area contributed by atoms with Crippen LogP contribution in [0.4, 0.5) is 17.1 Å². The van der Waals surface area contributed by atoms with Gasteiger partial charge in [0, 0.05) is 53.0 Å². The smallest absolute Gasteiger partial charge is 0.0726 e. The molecular formula is C55H36N2S. The minimum absolute atomic E-state index is 0.439. The highest BCUT2D eigenvalue weighted by atomic mass is 32.1. The zero-order valence-electron chi connectivity index (χ0n) is 31.7. The lowest BCUT2D eigenvalue weighted by Crippen LogP contribution is -2.26. The average molecular weight is 757 g/mol. The predicted molar refractivity (Wildman–Crippen MR) is 245 cm³/mol. The number of benzene rings is 8. The van der Waals surface area contributed by atoms with E-state index in [1.54, 1.807) is 11.3 Å². The fourth-order valence-electron chi connectivity index (χ4n) is 10.1. The predicted octanol–water partition coefficient (Wildman–Crippen LogP) is 13.0. The van der Waals surface area contributed by atoms with Crippen molar-refractivity contribution in [2.45, 2.75) is 5.41 Å². The van der Waals surface area contributed by atoms with Gasteiger partial charge >= 0.3 is 0 Å². The molecule has 10 aromatic rings. The lowest BCUT2D eigenvalue weighted by molar-refractivity contribution is 0.793.